The number of carbonyl (C=O) groups excluding carboxylic acids is 1. The van der Waals surface area contributed by atoms with Gasteiger partial charge in [0.05, 0.1) is 5.56 Å². The van der Waals surface area contributed by atoms with Crippen LogP contribution in [-0.4, -0.2) is 5.97 Å². The lowest BCUT2D eigenvalue weighted by atomic mass is 10.0. The number of aryl methyl sites for hydroxylation is 2. The van der Waals surface area contributed by atoms with Crippen LogP contribution in [0.4, 0.5) is 0 Å². The van der Waals surface area contributed by atoms with Crippen molar-refractivity contribution in [1.29, 1.82) is 0 Å². The van der Waals surface area contributed by atoms with E-state index in [4.69, 9.17) is 4.74 Å². The van der Waals surface area contributed by atoms with Gasteiger partial charge in [-0.1, -0.05) is 71.8 Å². The van der Waals surface area contributed by atoms with Crippen LogP contribution < -0.4 is 4.74 Å². The molecule has 4 aromatic rings. The number of fused-ring (bicyclic) bond motifs is 1. The largest absolute Gasteiger partial charge is 0.423 e. The summed E-state index contributed by atoms with van der Waals surface area (Å²) >= 11 is 0. The van der Waals surface area contributed by atoms with Crippen molar-refractivity contribution in [3.05, 3.63) is 102 Å². The van der Waals surface area contributed by atoms with Gasteiger partial charge >= 0.3 is 5.97 Å². The summed E-state index contributed by atoms with van der Waals surface area (Å²) in [7, 11) is 0. The van der Waals surface area contributed by atoms with Crippen molar-refractivity contribution in [1.82, 2.24) is 0 Å². The minimum Gasteiger partial charge on any atom is -0.423 e. The Balaban J connectivity index is 1.52. The molecule has 0 bridgehead atoms. The first-order valence-electron chi connectivity index (χ1n) is 8.98. The number of carbonyl (C=O) groups is 1. The van der Waals surface area contributed by atoms with E-state index >= 15 is 0 Å². The lowest BCUT2D eigenvalue weighted by Gasteiger charge is -2.07. The highest BCUT2D eigenvalue weighted by atomic mass is 16.5. The summed E-state index contributed by atoms with van der Waals surface area (Å²) < 4.78 is 5.56. The molecule has 4 rings (SSSR count). The van der Waals surface area contributed by atoms with Gasteiger partial charge in [-0.15, -0.1) is 0 Å². The quantitative estimate of drug-likeness (QED) is 0.317. The highest BCUT2D eigenvalue weighted by molar-refractivity contribution is 5.92. The van der Waals surface area contributed by atoms with Crippen molar-refractivity contribution >= 4 is 16.7 Å². The molecule has 0 saturated heterocycles. The normalized spacial score (nSPS) is 10.7. The smallest absolute Gasteiger partial charge is 0.343 e. The first kappa shape index (κ1) is 17.0. The van der Waals surface area contributed by atoms with Gasteiger partial charge in [0.15, 0.2) is 0 Å². The summed E-state index contributed by atoms with van der Waals surface area (Å²) in [6.07, 6.45) is 0. The second kappa shape index (κ2) is 7.08. The molecule has 0 aliphatic carbocycles. The predicted octanol–water partition coefficient (Wildman–Crippen LogP) is 6.34. The molecule has 2 nitrogen and oxygen atoms in total. The summed E-state index contributed by atoms with van der Waals surface area (Å²) in [5.74, 6) is 0.205. The molecule has 0 aromatic heterocycles. The lowest BCUT2D eigenvalue weighted by molar-refractivity contribution is 0.0735. The van der Waals surface area contributed by atoms with E-state index in [1.807, 2.05) is 48.5 Å². The number of esters is 1. The third kappa shape index (κ3) is 3.75. The standard InChI is InChI=1S/C25H20O2/c1-17-3-6-19(7-4-17)20-9-11-21(12-10-20)25(26)27-24-14-13-22-15-18(2)5-8-23(22)16-24/h3-16H,1-2H3. The number of rotatable bonds is 3. The monoisotopic (exact) mass is 352 g/mol. The van der Waals surface area contributed by atoms with Gasteiger partial charge in [0.2, 0.25) is 0 Å². The Kier molecular flexibility index (Phi) is 4.47. The number of benzene rings is 4. The van der Waals surface area contributed by atoms with E-state index in [0.29, 0.717) is 11.3 Å². The zero-order valence-corrected chi connectivity index (χ0v) is 15.4. The third-order valence-electron chi connectivity index (χ3n) is 4.68. The van der Waals surface area contributed by atoms with Crippen molar-refractivity contribution in [2.45, 2.75) is 13.8 Å². The molecule has 0 saturated carbocycles. The molecule has 0 heterocycles. The topological polar surface area (TPSA) is 26.3 Å². The van der Waals surface area contributed by atoms with E-state index in [1.165, 1.54) is 11.1 Å². The zero-order valence-electron chi connectivity index (χ0n) is 15.4. The molecule has 0 aliphatic rings. The van der Waals surface area contributed by atoms with Crippen molar-refractivity contribution in [2.24, 2.45) is 0 Å². The van der Waals surface area contributed by atoms with Crippen molar-refractivity contribution in [3.63, 3.8) is 0 Å². The van der Waals surface area contributed by atoms with Crippen LogP contribution in [0.5, 0.6) is 5.75 Å². The van der Waals surface area contributed by atoms with E-state index in [9.17, 15) is 4.79 Å². The maximum atomic E-state index is 12.5. The van der Waals surface area contributed by atoms with Gasteiger partial charge < -0.3 is 4.74 Å². The number of hydrogen-bond acceptors (Lipinski definition) is 2. The number of ether oxygens (including phenoxy) is 1. The van der Waals surface area contributed by atoms with Gasteiger partial charge in [-0.3, -0.25) is 0 Å². The summed E-state index contributed by atoms with van der Waals surface area (Å²) in [4.78, 5) is 12.5. The molecule has 0 radical (unpaired) electrons. The van der Waals surface area contributed by atoms with Crippen LogP contribution in [0.3, 0.4) is 0 Å². The molecule has 0 spiro atoms. The molecule has 132 valence electrons. The fourth-order valence-corrected chi connectivity index (χ4v) is 3.12. The molecule has 0 atom stereocenters. The number of hydrogen-bond donors (Lipinski definition) is 0. The van der Waals surface area contributed by atoms with E-state index in [1.54, 1.807) is 0 Å². The zero-order chi connectivity index (χ0) is 18.8. The Hall–Kier alpha value is -3.39. The van der Waals surface area contributed by atoms with Crippen molar-refractivity contribution in [2.75, 3.05) is 0 Å². The van der Waals surface area contributed by atoms with Crippen molar-refractivity contribution < 1.29 is 9.53 Å². The molecule has 0 amide bonds. The molecule has 4 aromatic carbocycles. The molecule has 27 heavy (non-hydrogen) atoms. The van der Waals surface area contributed by atoms with Crippen LogP contribution in [-0.2, 0) is 0 Å². The van der Waals surface area contributed by atoms with Gasteiger partial charge in [-0.25, -0.2) is 4.79 Å². The summed E-state index contributed by atoms with van der Waals surface area (Å²) in [6.45, 7) is 4.13. The van der Waals surface area contributed by atoms with E-state index in [0.717, 1.165) is 21.9 Å². The SMILES string of the molecule is Cc1ccc(-c2ccc(C(=O)Oc3ccc4cc(C)ccc4c3)cc2)cc1. The Labute approximate surface area is 159 Å². The maximum absolute atomic E-state index is 12.5. The van der Waals surface area contributed by atoms with Gasteiger partial charge in [0.25, 0.3) is 0 Å². The van der Waals surface area contributed by atoms with E-state index < -0.39 is 0 Å². The summed E-state index contributed by atoms with van der Waals surface area (Å²) in [5.41, 5.74) is 5.18. The Bertz CT molecular complexity index is 1110. The van der Waals surface area contributed by atoms with Gasteiger partial charge in [-0.05, 0) is 60.0 Å². The summed E-state index contributed by atoms with van der Waals surface area (Å²) in [5, 5.41) is 2.19. The minimum atomic E-state index is -0.350. The first-order valence-corrected chi connectivity index (χ1v) is 8.98. The van der Waals surface area contributed by atoms with Crippen molar-refractivity contribution in [3.8, 4) is 16.9 Å². The molecule has 0 fully saturated rings. The highest BCUT2D eigenvalue weighted by Crippen LogP contribution is 2.24. The van der Waals surface area contributed by atoms with Gasteiger partial charge in [-0.2, -0.15) is 0 Å². The maximum Gasteiger partial charge on any atom is 0.343 e. The van der Waals surface area contributed by atoms with Crippen LogP contribution in [0.25, 0.3) is 21.9 Å². The second-order valence-corrected chi connectivity index (χ2v) is 6.85. The van der Waals surface area contributed by atoms with Crippen LogP contribution >= 0.6 is 0 Å². The molecular weight excluding hydrogens is 332 g/mol. The Morgan fingerprint density at radius 2 is 1.19 bits per heavy atom. The fourth-order valence-electron chi connectivity index (χ4n) is 3.12. The first-order chi connectivity index (χ1) is 13.1. The third-order valence-corrected chi connectivity index (χ3v) is 4.68. The highest BCUT2D eigenvalue weighted by Gasteiger charge is 2.09. The molecule has 2 heteroatoms. The Morgan fingerprint density at radius 3 is 1.89 bits per heavy atom. The van der Waals surface area contributed by atoms with Crippen LogP contribution in [0.1, 0.15) is 21.5 Å². The van der Waals surface area contributed by atoms with Crippen LogP contribution in [0.15, 0.2) is 84.9 Å². The van der Waals surface area contributed by atoms with Crippen LogP contribution in [0, 0.1) is 13.8 Å². The van der Waals surface area contributed by atoms with Crippen LogP contribution in [0.2, 0.25) is 0 Å². The van der Waals surface area contributed by atoms with Gasteiger partial charge in [0, 0.05) is 0 Å². The molecular formula is C25H20O2. The predicted molar refractivity (Wildman–Crippen MR) is 110 cm³/mol. The molecule has 0 aliphatic heterocycles. The fraction of sp³-hybridized carbons (Fsp3) is 0.0800. The Morgan fingerprint density at radius 1 is 0.630 bits per heavy atom. The van der Waals surface area contributed by atoms with Gasteiger partial charge in [0.1, 0.15) is 5.75 Å². The molecule has 0 unspecified atom stereocenters. The van der Waals surface area contributed by atoms with E-state index in [2.05, 4.69) is 50.2 Å². The summed E-state index contributed by atoms with van der Waals surface area (Å²) in [6, 6.07) is 27.8. The average molecular weight is 352 g/mol. The lowest BCUT2D eigenvalue weighted by Crippen LogP contribution is -2.08. The average Bonchev–Trinajstić information content (AvgIpc) is 2.69. The van der Waals surface area contributed by atoms with E-state index in [-0.39, 0.29) is 5.97 Å². The molecule has 0 N–H and O–H groups in total. The second-order valence-electron chi connectivity index (χ2n) is 6.85. The minimum absolute atomic E-state index is 0.350.